The molecule has 0 spiro atoms. The summed E-state index contributed by atoms with van der Waals surface area (Å²) in [6, 6.07) is 11.4. The van der Waals surface area contributed by atoms with Crippen LogP contribution in [0, 0.1) is 0 Å². The van der Waals surface area contributed by atoms with E-state index in [0.717, 1.165) is 19.1 Å². The molecule has 4 heteroatoms. The summed E-state index contributed by atoms with van der Waals surface area (Å²) in [7, 11) is 2.12. The fourth-order valence-electron chi connectivity index (χ4n) is 2.31. The van der Waals surface area contributed by atoms with Crippen LogP contribution in [0.25, 0.3) is 0 Å². The highest BCUT2D eigenvalue weighted by Gasteiger charge is 2.20. The summed E-state index contributed by atoms with van der Waals surface area (Å²) >= 11 is 3.69. The SMILES string of the molecule is CN(Cc1ccncc1)c1ccc(CNC2CC2)c(Br)c1. The third-order valence-corrected chi connectivity index (χ3v) is 4.54. The van der Waals surface area contributed by atoms with Crippen molar-refractivity contribution in [3.8, 4) is 0 Å². The predicted octanol–water partition coefficient (Wildman–Crippen LogP) is 3.73. The van der Waals surface area contributed by atoms with Crippen LogP contribution in [0.2, 0.25) is 0 Å². The van der Waals surface area contributed by atoms with Gasteiger partial charge in [-0.25, -0.2) is 0 Å². The van der Waals surface area contributed by atoms with Crippen molar-refractivity contribution in [2.24, 2.45) is 0 Å². The number of pyridine rings is 1. The third kappa shape index (κ3) is 4.05. The smallest absolute Gasteiger partial charge is 0.0427 e. The minimum absolute atomic E-state index is 0.742. The summed E-state index contributed by atoms with van der Waals surface area (Å²) in [5.41, 5.74) is 3.81. The maximum atomic E-state index is 4.06. The van der Waals surface area contributed by atoms with Crippen molar-refractivity contribution < 1.29 is 0 Å². The van der Waals surface area contributed by atoms with Gasteiger partial charge in [0.25, 0.3) is 0 Å². The average Bonchev–Trinajstić information content (AvgIpc) is 3.31. The van der Waals surface area contributed by atoms with Crippen molar-refractivity contribution in [3.63, 3.8) is 0 Å². The number of anilines is 1. The second kappa shape index (κ2) is 6.58. The number of halogens is 1. The van der Waals surface area contributed by atoms with Gasteiger partial charge in [-0.3, -0.25) is 4.98 Å². The van der Waals surface area contributed by atoms with Crippen molar-refractivity contribution in [1.82, 2.24) is 10.3 Å². The van der Waals surface area contributed by atoms with Gasteiger partial charge in [-0.15, -0.1) is 0 Å². The van der Waals surface area contributed by atoms with E-state index in [-0.39, 0.29) is 0 Å². The molecular formula is C17H20BrN3. The Labute approximate surface area is 134 Å². The molecule has 3 nitrogen and oxygen atoms in total. The van der Waals surface area contributed by atoms with E-state index in [0.29, 0.717) is 0 Å². The molecule has 0 aliphatic heterocycles. The van der Waals surface area contributed by atoms with Gasteiger partial charge < -0.3 is 10.2 Å². The first-order valence-corrected chi connectivity index (χ1v) is 8.13. The van der Waals surface area contributed by atoms with E-state index in [1.165, 1.54) is 34.1 Å². The Kier molecular flexibility index (Phi) is 4.56. The van der Waals surface area contributed by atoms with E-state index in [1.54, 1.807) is 0 Å². The minimum atomic E-state index is 0.742. The maximum Gasteiger partial charge on any atom is 0.0427 e. The Morgan fingerprint density at radius 3 is 2.67 bits per heavy atom. The second-order valence-electron chi connectivity index (χ2n) is 5.64. The van der Waals surface area contributed by atoms with Crippen molar-refractivity contribution in [3.05, 3.63) is 58.3 Å². The Morgan fingerprint density at radius 1 is 1.24 bits per heavy atom. The molecule has 0 amide bonds. The third-order valence-electron chi connectivity index (χ3n) is 3.81. The fourth-order valence-corrected chi connectivity index (χ4v) is 2.82. The van der Waals surface area contributed by atoms with Crippen LogP contribution in [0.1, 0.15) is 24.0 Å². The number of aromatic nitrogens is 1. The van der Waals surface area contributed by atoms with Crippen LogP contribution in [0.15, 0.2) is 47.2 Å². The van der Waals surface area contributed by atoms with Crippen LogP contribution in [-0.2, 0) is 13.1 Å². The van der Waals surface area contributed by atoms with Crippen LogP contribution < -0.4 is 10.2 Å². The molecule has 0 atom stereocenters. The van der Waals surface area contributed by atoms with Crippen molar-refractivity contribution in [1.29, 1.82) is 0 Å². The summed E-state index contributed by atoms with van der Waals surface area (Å²) in [5.74, 6) is 0. The Bertz CT molecular complexity index is 596. The van der Waals surface area contributed by atoms with Crippen LogP contribution in [0.4, 0.5) is 5.69 Å². The maximum absolute atomic E-state index is 4.06. The summed E-state index contributed by atoms with van der Waals surface area (Å²) in [6.45, 7) is 1.83. The number of hydrogen-bond donors (Lipinski definition) is 1. The summed E-state index contributed by atoms with van der Waals surface area (Å²) in [4.78, 5) is 6.31. The summed E-state index contributed by atoms with van der Waals surface area (Å²) < 4.78 is 1.18. The molecule has 0 saturated heterocycles. The number of nitrogens with zero attached hydrogens (tertiary/aromatic N) is 2. The van der Waals surface area contributed by atoms with E-state index in [4.69, 9.17) is 0 Å². The molecule has 110 valence electrons. The number of nitrogens with one attached hydrogen (secondary N) is 1. The molecule has 1 heterocycles. The zero-order valence-electron chi connectivity index (χ0n) is 12.2. The highest BCUT2D eigenvalue weighted by Crippen LogP contribution is 2.26. The van der Waals surface area contributed by atoms with Gasteiger partial charge in [0.1, 0.15) is 0 Å². The summed E-state index contributed by atoms with van der Waals surface area (Å²) in [6.07, 6.45) is 6.33. The molecule has 1 aromatic carbocycles. The van der Waals surface area contributed by atoms with E-state index < -0.39 is 0 Å². The molecule has 2 aromatic rings. The van der Waals surface area contributed by atoms with E-state index in [2.05, 4.69) is 68.5 Å². The van der Waals surface area contributed by atoms with Gasteiger partial charge in [-0.2, -0.15) is 0 Å². The number of rotatable bonds is 6. The first-order chi connectivity index (χ1) is 10.2. The lowest BCUT2D eigenvalue weighted by molar-refractivity contribution is 0.686. The van der Waals surface area contributed by atoms with Crippen LogP contribution in [-0.4, -0.2) is 18.1 Å². The topological polar surface area (TPSA) is 28.2 Å². The fraction of sp³-hybridized carbons (Fsp3) is 0.353. The first-order valence-electron chi connectivity index (χ1n) is 7.34. The molecule has 1 aliphatic rings. The average molecular weight is 346 g/mol. The zero-order chi connectivity index (χ0) is 14.7. The lowest BCUT2D eigenvalue weighted by Crippen LogP contribution is -2.18. The normalized spacial score (nSPS) is 14.2. The van der Waals surface area contributed by atoms with E-state index >= 15 is 0 Å². The van der Waals surface area contributed by atoms with Gasteiger partial charge in [-0.1, -0.05) is 22.0 Å². The van der Waals surface area contributed by atoms with Crippen LogP contribution in [0.3, 0.4) is 0 Å². The zero-order valence-corrected chi connectivity index (χ0v) is 13.8. The highest BCUT2D eigenvalue weighted by molar-refractivity contribution is 9.10. The van der Waals surface area contributed by atoms with Gasteiger partial charge in [0.15, 0.2) is 0 Å². The molecule has 0 unspecified atom stereocenters. The molecule has 1 N–H and O–H groups in total. The number of hydrogen-bond acceptors (Lipinski definition) is 3. The van der Waals surface area contributed by atoms with Crippen LogP contribution >= 0.6 is 15.9 Å². The first kappa shape index (κ1) is 14.5. The van der Waals surface area contributed by atoms with Crippen LogP contribution in [0.5, 0.6) is 0 Å². The molecular weight excluding hydrogens is 326 g/mol. The van der Waals surface area contributed by atoms with Crippen molar-refractivity contribution in [2.75, 3.05) is 11.9 Å². The van der Waals surface area contributed by atoms with Gasteiger partial charge in [0.2, 0.25) is 0 Å². The quantitative estimate of drug-likeness (QED) is 0.864. The predicted molar refractivity (Wildman–Crippen MR) is 90.3 cm³/mol. The lowest BCUT2D eigenvalue weighted by Gasteiger charge is -2.20. The summed E-state index contributed by atoms with van der Waals surface area (Å²) in [5, 5.41) is 3.55. The van der Waals surface area contributed by atoms with Crippen molar-refractivity contribution in [2.45, 2.75) is 32.0 Å². The molecule has 3 rings (SSSR count). The minimum Gasteiger partial charge on any atom is -0.370 e. The molecule has 0 radical (unpaired) electrons. The standard InChI is InChI=1S/C17H20BrN3/c1-21(12-13-6-8-19-9-7-13)16-5-2-14(17(18)10-16)11-20-15-3-4-15/h2,5-10,15,20H,3-4,11-12H2,1H3. The number of benzene rings is 1. The second-order valence-corrected chi connectivity index (χ2v) is 6.50. The van der Waals surface area contributed by atoms with Gasteiger partial charge in [-0.05, 0) is 48.2 Å². The van der Waals surface area contributed by atoms with Gasteiger partial charge >= 0.3 is 0 Å². The highest BCUT2D eigenvalue weighted by atomic mass is 79.9. The van der Waals surface area contributed by atoms with Gasteiger partial charge in [0, 0.05) is 48.7 Å². The molecule has 1 aromatic heterocycles. The molecule has 1 fully saturated rings. The Morgan fingerprint density at radius 2 is 2.00 bits per heavy atom. The van der Waals surface area contributed by atoms with Gasteiger partial charge in [0.05, 0.1) is 0 Å². The monoisotopic (exact) mass is 345 g/mol. The molecule has 1 aliphatic carbocycles. The lowest BCUT2D eigenvalue weighted by atomic mass is 10.2. The molecule has 21 heavy (non-hydrogen) atoms. The Balaban J connectivity index is 1.65. The van der Waals surface area contributed by atoms with E-state index in [9.17, 15) is 0 Å². The Hall–Kier alpha value is -1.39. The largest absolute Gasteiger partial charge is 0.370 e. The molecule has 0 bridgehead atoms. The van der Waals surface area contributed by atoms with Crippen molar-refractivity contribution >= 4 is 21.6 Å². The molecule has 1 saturated carbocycles. The van der Waals surface area contributed by atoms with E-state index in [1.807, 2.05) is 12.4 Å².